The van der Waals surface area contributed by atoms with Gasteiger partial charge in [0.05, 0.1) is 15.3 Å². The van der Waals surface area contributed by atoms with Crippen LogP contribution in [0.4, 0.5) is 0 Å². The molecule has 0 saturated carbocycles. The average molecular weight is 488 g/mol. The number of hydrogen-bond donors (Lipinski definition) is 2. The Labute approximate surface area is 192 Å². The van der Waals surface area contributed by atoms with Gasteiger partial charge < -0.3 is 9.40 Å². The van der Waals surface area contributed by atoms with E-state index in [0.717, 1.165) is 30.4 Å². The van der Waals surface area contributed by atoms with Crippen LogP contribution in [0, 0.1) is 0 Å². The maximum absolute atomic E-state index is 12.6. The first-order valence-corrected chi connectivity index (χ1v) is 12.6. The molecule has 0 radical (unpaired) electrons. The Hall–Kier alpha value is -2.72. The summed E-state index contributed by atoms with van der Waals surface area (Å²) < 4.78 is 31.9. The number of aromatic amines is 1. The van der Waals surface area contributed by atoms with Crippen LogP contribution < -0.4 is 10.3 Å². The summed E-state index contributed by atoms with van der Waals surface area (Å²) in [6.07, 6.45) is 4.58. The lowest BCUT2D eigenvalue weighted by molar-refractivity contribution is 0.571. The van der Waals surface area contributed by atoms with Crippen molar-refractivity contribution in [2.75, 3.05) is 7.05 Å². The zero-order chi connectivity index (χ0) is 22.5. The minimum atomic E-state index is -3.50. The van der Waals surface area contributed by atoms with E-state index in [1.165, 1.54) is 24.1 Å². The molecule has 5 rings (SSSR count). The van der Waals surface area contributed by atoms with E-state index in [-0.39, 0.29) is 15.5 Å². The van der Waals surface area contributed by atoms with Crippen molar-refractivity contribution in [3.05, 3.63) is 68.8 Å². The van der Waals surface area contributed by atoms with E-state index in [0.29, 0.717) is 27.6 Å². The Bertz CT molecular complexity index is 1530. The van der Waals surface area contributed by atoms with Crippen LogP contribution in [0.1, 0.15) is 28.4 Å². The molecule has 0 atom stereocenters. The fourth-order valence-electron chi connectivity index (χ4n) is 3.81. The van der Waals surface area contributed by atoms with Crippen molar-refractivity contribution in [1.82, 2.24) is 14.7 Å². The molecule has 0 saturated heterocycles. The molecule has 10 heteroatoms. The maximum atomic E-state index is 12.6. The lowest BCUT2D eigenvalue weighted by Gasteiger charge is -2.03. The van der Waals surface area contributed by atoms with Gasteiger partial charge in [0.25, 0.3) is 5.56 Å². The normalized spacial score (nSPS) is 14.2. The highest BCUT2D eigenvalue weighted by molar-refractivity contribution is 7.89. The minimum Gasteiger partial charge on any atom is -0.457 e. The summed E-state index contributed by atoms with van der Waals surface area (Å²) in [5.41, 5.74) is 1.67. The first kappa shape index (κ1) is 21.1. The second-order valence-electron chi connectivity index (χ2n) is 7.38. The first-order chi connectivity index (χ1) is 15.4. The third-order valence-electron chi connectivity index (χ3n) is 5.41. The predicted octanol–water partition coefficient (Wildman–Crippen LogP) is 4.38. The number of aryl methyl sites for hydroxylation is 2. The third kappa shape index (κ3) is 3.71. The summed E-state index contributed by atoms with van der Waals surface area (Å²) in [5.74, 6) is 1.33. The highest BCUT2D eigenvalue weighted by Crippen LogP contribution is 2.35. The summed E-state index contributed by atoms with van der Waals surface area (Å²) in [7, 11) is -2.14. The highest BCUT2D eigenvalue weighted by Gasteiger charge is 2.21. The van der Waals surface area contributed by atoms with Gasteiger partial charge in [-0.15, -0.1) is 11.3 Å². The van der Waals surface area contributed by atoms with Crippen LogP contribution in [0.5, 0.6) is 0 Å². The number of nitrogens with zero attached hydrogens (tertiary/aromatic N) is 1. The van der Waals surface area contributed by atoms with Crippen molar-refractivity contribution in [2.45, 2.75) is 24.2 Å². The van der Waals surface area contributed by atoms with Crippen molar-refractivity contribution in [2.24, 2.45) is 0 Å². The van der Waals surface area contributed by atoms with Crippen LogP contribution in [0.3, 0.4) is 0 Å². The zero-order valence-corrected chi connectivity index (χ0v) is 19.3. The molecule has 7 nitrogen and oxygen atoms in total. The number of fused-ring (bicyclic) bond motifs is 3. The molecule has 3 aromatic heterocycles. The highest BCUT2D eigenvalue weighted by atomic mass is 35.5. The number of nitrogens with one attached hydrogen (secondary N) is 2. The SMILES string of the molecule is CNS(=O)(=O)c1ccc(-c2ccc(C=C(Cl)c3nc4sc5c(c4c(=O)[nH]3)CCC5)o2)cc1. The Morgan fingerprint density at radius 1 is 1.22 bits per heavy atom. The van der Waals surface area contributed by atoms with Crippen LogP contribution in [0.15, 0.2) is 50.5 Å². The van der Waals surface area contributed by atoms with Gasteiger partial charge in [0.15, 0.2) is 5.82 Å². The standard InChI is InChI=1S/C22H18ClN3O4S2/c1-24-32(28,29)14-8-5-12(6-9-14)17-10-7-13(30-17)11-16(23)20-25-21(27)19-15-3-2-4-18(15)31-22(19)26-20/h5-11,24H,2-4H2,1H3,(H,25,26,27). The predicted molar refractivity (Wildman–Crippen MR) is 126 cm³/mol. The van der Waals surface area contributed by atoms with Crippen LogP contribution >= 0.6 is 22.9 Å². The molecule has 0 bridgehead atoms. The molecule has 0 spiro atoms. The summed E-state index contributed by atoms with van der Waals surface area (Å²) in [4.78, 5) is 22.1. The van der Waals surface area contributed by atoms with Crippen molar-refractivity contribution in [3.8, 4) is 11.3 Å². The van der Waals surface area contributed by atoms with Crippen molar-refractivity contribution >= 4 is 54.3 Å². The Morgan fingerprint density at radius 3 is 2.75 bits per heavy atom. The van der Waals surface area contributed by atoms with E-state index in [9.17, 15) is 13.2 Å². The quantitative estimate of drug-likeness (QED) is 0.434. The number of hydrogen-bond acceptors (Lipinski definition) is 6. The number of sulfonamides is 1. The number of thiophene rings is 1. The van der Waals surface area contributed by atoms with Gasteiger partial charge in [0.2, 0.25) is 10.0 Å². The second-order valence-corrected chi connectivity index (χ2v) is 10.8. The van der Waals surface area contributed by atoms with Gasteiger partial charge in [-0.3, -0.25) is 4.79 Å². The van der Waals surface area contributed by atoms with E-state index < -0.39 is 10.0 Å². The molecule has 1 aliphatic carbocycles. The van der Waals surface area contributed by atoms with E-state index >= 15 is 0 Å². The smallest absolute Gasteiger partial charge is 0.260 e. The van der Waals surface area contributed by atoms with E-state index in [4.69, 9.17) is 16.0 Å². The molecule has 32 heavy (non-hydrogen) atoms. The van der Waals surface area contributed by atoms with Gasteiger partial charge in [0.1, 0.15) is 16.4 Å². The molecule has 0 fully saturated rings. The number of rotatable bonds is 5. The molecule has 0 aliphatic heterocycles. The third-order valence-corrected chi connectivity index (χ3v) is 8.32. The number of H-pyrrole nitrogens is 1. The van der Waals surface area contributed by atoms with E-state index in [1.807, 2.05) is 0 Å². The molecule has 1 aromatic carbocycles. The summed E-state index contributed by atoms with van der Waals surface area (Å²) in [6.45, 7) is 0. The summed E-state index contributed by atoms with van der Waals surface area (Å²) >= 11 is 8.01. The van der Waals surface area contributed by atoms with Gasteiger partial charge in [-0.1, -0.05) is 11.6 Å². The zero-order valence-electron chi connectivity index (χ0n) is 16.9. The van der Waals surface area contributed by atoms with Gasteiger partial charge in [-0.25, -0.2) is 18.1 Å². The molecule has 2 N–H and O–H groups in total. The summed E-state index contributed by atoms with van der Waals surface area (Å²) in [5, 5.41) is 0.939. The number of halogens is 1. The molecule has 4 aromatic rings. The van der Waals surface area contributed by atoms with Gasteiger partial charge >= 0.3 is 0 Å². The van der Waals surface area contributed by atoms with Crippen molar-refractivity contribution in [1.29, 1.82) is 0 Å². The van der Waals surface area contributed by atoms with E-state index in [2.05, 4.69) is 14.7 Å². The second kappa shape index (κ2) is 8.00. The Morgan fingerprint density at radius 2 is 2.00 bits per heavy atom. The topological polar surface area (TPSA) is 105 Å². The fourth-order valence-corrected chi connectivity index (χ4v) is 6.00. The molecule has 0 amide bonds. The van der Waals surface area contributed by atoms with Crippen LogP contribution in [-0.2, 0) is 22.9 Å². The Kier molecular flexibility index (Phi) is 5.29. The molecule has 164 valence electrons. The fraction of sp³-hybridized carbons (Fsp3) is 0.182. The molecular weight excluding hydrogens is 470 g/mol. The molecule has 1 aliphatic rings. The molecular formula is C22H18ClN3O4S2. The molecule has 0 unspecified atom stereocenters. The van der Waals surface area contributed by atoms with Gasteiger partial charge in [0, 0.05) is 16.5 Å². The van der Waals surface area contributed by atoms with Crippen LogP contribution in [0.2, 0.25) is 0 Å². The van der Waals surface area contributed by atoms with Crippen molar-refractivity contribution in [3.63, 3.8) is 0 Å². The first-order valence-electron chi connectivity index (χ1n) is 9.91. The monoisotopic (exact) mass is 487 g/mol. The number of aromatic nitrogens is 2. The van der Waals surface area contributed by atoms with Gasteiger partial charge in [-0.2, -0.15) is 0 Å². The van der Waals surface area contributed by atoms with Gasteiger partial charge in [-0.05, 0) is 68.3 Å². The Balaban J connectivity index is 1.43. The number of furan rings is 1. The minimum absolute atomic E-state index is 0.170. The van der Waals surface area contributed by atoms with Crippen LogP contribution in [-0.4, -0.2) is 25.4 Å². The van der Waals surface area contributed by atoms with E-state index in [1.54, 1.807) is 41.7 Å². The lowest BCUT2D eigenvalue weighted by atomic mass is 10.2. The lowest BCUT2D eigenvalue weighted by Crippen LogP contribution is -2.18. The van der Waals surface area contributed by atoms with Crippen LogP contribution in [0.25, 0.3) is 32.6 Å². The average Bonchev–Trinajstić information content (AvgIpc) is 3.49. The largest absolute Gasteiger partial charge is 0.457 e. The van der Waals surface area contributed by atoms with Crippen molar-refractivity contribution < 1.29 is 12.8 Å². The maximum Gasteiger partial charge on any atom is 0.260 e. The summed E-state index contributed by atoms with van der Waals surface area (Å²) in [6, 6.07) is 9.86. The molecule has 3 heterocycles. The number of benzene rings is 1.